The number of ether oxygens (including phenoxy) is 2. The van der Waals surface area contributed by atoms with Crippen molar-refractivity contribution in [3.63, 3.8) is 0 Å². The summed E-state index contributed by atoms with van der Waals surface area (Å²) >= 11 is 5.85. The van der Waals surface area contributed by atoms with Gasteiger partial charge in [-0.1, -0.05) is 23.7 Å². The summed E-state index contributed by atoms with van der Waals surface area (Å²) in [4.78, 5) is 24.6. The number of hydrazone groups is 1. The number of halogens is 1. The molecule has 3 aromatic carbocycles. The second kappa shape index (κ2) is 8.89. The van der Waals surface area contributed by atoms with Crippen molar-refractivity contribution >= 4 is 34.8 Å². The average Bonchev–Trinajstić information content (AvgIpc) is 3.26. The Bertz CT molecular complexity index is 1160. The van der Waals surface area contributed by atoms with Gasteiger partial charge in [-0.15, -0.1) is 0 Å². The number of carbonyl (C=O) groups excluding carboxylic acids is 2. The summed E-state index contributed by atoms with van der Waals surface area (Å²) < 4.78 is 10.5. The zero-order chi connectivity index (χ0) is 21.8. The van der Waals surface area contributed by atoms with Crippen molar-refractivity contribution in [2.24, 2.45) is 5.10 Å². The Morgan fingerprint density at radius 2 is 1.48 bits per heavy atom. The number of hydrogen-bond donors (Lipinski definition) is 2. The van der Waals surface area contributed by atoms with E-state index >= 15 is 0 Å². The summed E-state index contributed by atoms with van der Waals surface area (Å²) in [6.07, 6.45) is 0. The summed E-state index contributed by atoms with van der Waals surface area (Å²) in [7, 11) is 0. The second-order valence-corrected chi connectivity index (χ2v) is 7.18. The molecule has 7 nitrogen and oxygen atoms in total. The molecular weight excluding hydrogens is 418 g/mol. The van der Waals surface area contributed by atoms with E-state index in [1.807, 2.05) is 12.1 Å². The summed E-state index contributed by atoms with van der Waals surface area (Å²) in [5, 5.41) is 7.55. The average molecular weight is 436 g/mol. The molecule has 2 N–H and O–H groups in total. The molecule has 0 fully saturated rings. The molecule has 1 aliphatic rings. The molecule has 0 saturated carbocycles. The van der Waals surface area contributed by atoms with Gasteiger partial charge in [0.15, 0.2) is 11.5 Å². The van der Waals surface area contributed by atoms with Gasteiger partial charge in [-0.25, -0.2) is 5.43 Å². The molecular formula is C23H18ClN3O4. The van der Waals surface area contributed by atoms with Crippen LogP contribution in [0.2, 0.25) is 5.02 Å². The van der Waals surface area contributed by atoms with E-state index in [-0.39, 0.29) is 18.6 Å². The Morgan fingerprint density at radius 1 is 0.839 bits per heavy atom. The maximum atomic E-state index is 12.3. The molecule has 4 rings (SSSR count). The molecule has 0 aliphatic carbocycles. The third kappa shape index (κ3) is 4.84. The number of hydrogen-bond acceptors (Lipinski definition) is 5. The second-order valence-electron chi connectivity index (χ2n) is 6.74. The fourth-order valence-corrected chi connectivity index (χ4v) is 3.03. The summed E-state index contributed by atoms with van der Waals surface area (Å²) in [5.41, 5.74) is 5.52. The van der Waals surface area contributed by atoms with E-state index in [1.165, 1.54) is 0 Å². The third-order valence-electron chi connectivity index (χ3n) is 4.63. The number of rotatable bonds is 5. The van der Waals surface area contributed by atoms with E-state index in [0.717, 1.165) is 5.56 Å². The summed E-state index contributed by atoms with van der Waals surface area (Å²) in [6, 6.07) is 18.7. The lowest BCUT2D eigenvalue weighted by Crippen LogP contribution is -2.19. The highest BCUT2D eigenvalue weighted by atomic mass is 35.5. The molecule has 31 heavy (non-hydrogen) atoms. The van der Waals surface area contributed by atoms with Crippen molar-refractivity contribution in [3.05, 3.63) is 88.4 Å². The van der Waals surface area contributed by atoms with Gasteiger partial charge in [-0.3, -0.25) is 9.59 Å². The van der Waals surface area contributed by atoms with Crippen LogP contribution in [0, 0.1) is 0 Å². The first kappa shape index (κ1) is 20.4. The monoisotopic (exact) mass is 435 g/mol. The van der Waals surface area contributed by atoms with Crippen molar-refractivity contribution in [1.82, 2.24) is 5.43 Å². The maximum absolute atomic E-state index is 12.3. The fraction of sp³-hybridized carbons (Fsp3) is 0.0870. The van der Waals surface area contributed by atoms with Gasteiger partial charge in [0, 0.05) is 21.8 Å². The predicted molar refractivity (Wildman–Crippen MR) is 118 cm³/mol. The van der Waals surface area contributed by atoms with E-state index in [9.17, 15) is 9.59 Å². The fourth-order valence-electron chi connectivity index (χ4n) is 2.90. The summed E-state index contributed by atoms with van der Waals surface area (Å²) in [5.74, 6) is 0.555. The predicted octanol–water partition coefficient (Wildman–Crippen LogP) is 4.48. The van der Waals surface area contributed by atoms with Crippen LogP contribution in [0.25, 0.3) is 0 Å². The van der Waals surface area contributed by atoms with Crippen molar-refractivity contribution in [3.8, 4) is 11.5 Å². The molecule has 0 atom stereocenters. The zero-order valence-electron chi connectivity index (χ0n) is 16.5. The van der Waals surface area contributed by atoms with Crippen LogP contribution in [0.5, 0.6) is 11.5 Å². The van der Waals surface area contributed by atoms with Crippen LogP contribution < -0.4 is 20.2 Å². The molecule has 0 bridgehead atoms. The van der Waals surface area contributed by atoms with Gasteiger partial charge in [-0.2, -0.15) is 5.10 Å². The summed E-state index contributed by atoms with van der Waals surface area (Å²) in [6.45, 7) is 1.93. The van der Waals surface area contributed by atoms with Crippen LogP contribution in [0.15, 0.2) is 71.8 Å². The number of nitrogens with zero attached hydrogens (tertiary/aromatic N) is 1. The number of benzene rings is 3. The molecule has 3 aromatic rings. The highest BCUT2D eigenvalue weighted by molar-refractivity contribution is 6.30. The van der Waals surface area contributed by atoms with Crippen LogP contribution >= 0.6 is 11.6 Å². The van der Waals surface area contributed by atoms with Gasteiger partial charge < -0.3 is 14.8 Å². The lowest BCUT2D eigenvalue weighted by atomic mass is 10.1. The van der Waals surface area contributed by atoms with E-state index in [0.29, 0.717) is 39.0 Å². The smallest absolute Gasteiger partial charge is 0.271 e. The largest absolute Gasteiger partial charge is 0.454 e. The minimum atomic E-state index is -0.357. The Morgan fingerprint density at radius 3 is 2.23 bits per heavy atom. The molecule has 1 heterocycles. The molecule has 0 radical (unpaired) electrons. The number of carbonyl (C=O) groups is 2. The Labute approximate surface area is 183 Å². The Kier molecular flexibility index (Phi) is 5.86. The highest BCUT2D eigenvalue weighted by Gasteiger charge is 2.16. The Hall–Kier alpha value is -3.84. The lowest BCUT2D eigenvalue weighted by Gasteiger charge is -2.07. The minimum absolute atomic E-state index is 0.147. The van der Waals surface area contributed by atoms with Crippen LogP contribution in [-0.2, 0) is 0 Å². The van der Waals surface area contributed by atoms with Crippen LogP contribution in [0.4, 0.5) is 5.69 Å². The van der Waals surface area contributed by atoms with Crippen LogP contribution in [-0.4, -0.2) is 24.3 Å². The van der Waals surface area contributed by atoms with Crippen LogP contribution in [0.3, 0.4) is 0 Å². The van der Waals surface area contributed by atoms with Crippen molar-refractivity contribution < 1.29 is 19.1 Å². The van der Waals surface area contributed by atoms with Crippen molar-refractivity contribution in [1.29, 1.82) is 0 Å². The first-order valence-corrected chi connectivity index (χ1v) is 9.79. The minimum Gasteiger partial charge on any atom is -0.454 e. The van der Waals surface area contributed by atoms with Gasteiger partial charge in [-0.05, 0) is 67.1 Å². The van der Waals surface area contributed by atoms with Crippen molar-refractivity contribution in [2.45, 2.75) is 6.92 Å². The zero-order valence-corrected chi connectivity index (χ0v) is 17.3. The van der Waals surface area contributed by atoms with Gasteiger partial charge in [0.05, 0.1) is 5.71 Å². The SMILES string of the molecule is C/C(=N/NC(=O)c1ccc2c(c1)OCO2)c1ccc(NC(=O)c2ccc(Cl)cc2)cc1. The molecule has 1 aliphatic heterocycles. The molecule has 2 amide bonds. The molecule has 0 aromatic heterocycles. The quantitative estimate of drug-likeness (QED) is 0.457. The normalized spacial score (nSPS) is 12.4. The van der Waals surface area contributed by atoms with Gasteiger partial charge >= 0.3 is 0 Å². The number of nitrogens with one attached hydrogen (secondary N) is 2. The van der Waals surface area contributed by atoms with E-state index in [4.69, 9.17) is 21.1 Å². The third-order valence-corrected chi connectivity index (χ3v) is 4.88. The molecule has 0 unspecified atom stereocenters. The van der Waals surface area contributed by atoms with Crippen molar-refractivity contribution in [2.75, 3.05) is 12.1 Å². The van der Waals surface area contributed by atoms with Crippen LogP contribution in [0.1, 0.15) is 33.2 Å². The maximum Gasteiger partial charge on any atom is 0.271 e. The molecule has 156 valence electrons. The molecule has 0 spiro atoms. The first-order valence-electron chi connectivity index (χ1n) is 9.41. The van der Waals surface area contributed by atoms with E-state index in [1.54, 1.807) is 61.5 Å². The van der Waals surface area contributed by atoms with Gasteiger partial charge in [0.25, 0.3) is 11.8 Å². The first-order chi connectivity index (χ1) is 15.0. The van der Waals surface area contributed by atoms with Gasteiger partial charge in [0.1, 0.15) is 0 Å². The van der Waals surface area contributed by atoms with E-state index in [2.05, 4.69) is 15.8 Å². The van der Waals surface area contributed by atoms with E-state index < -0.39 is 0 Å². The molecule has 8 heteroatoms. The topological polar surface area (TPSA) is 89.0 Å². The number of anilines is 1. The van der Waals surface area contributed by atoms with Gasteiger partial charge in [0.2, 0.25) is 6.79 Å². The number of amides is 2. The Balaban J connectivity index is 1.37. The number of fused-ring (bicyclic) bond motifs is 1. The lowest BCUT2D eigenvalue weighted by molar-refractivity contribution is 0.0953. The molecule has 0 saturated heterocycles. The highest BCUT2D eigenvalue weighted by Crippen LogP contribution is 2.32. The standard InChI is InChI=1S/C23H18ClN3O4/c1-14(26-27-23(29)17-6-11-20-21(12-17)31-13-30-20)15-4-9-19(10-5-15)25-22(28)16-2-7-18(24)8-3-16/h2-12H,13H2,1H3,(H,25,28)(H,27,29)/b26-14-.